The van der Waals surface area contributed by atoms with Crippen molar-refractivity contribution in [2.45, 2.75) is 6.18 Å². The zero-order chi connectivity index (χ0) is 18.4. The normalized spacial score (nSPS) is 19.0. The number of phenolic OH excluding ortho intramolecular Hbond substituents is 1. The van der Waals surface area contributed by atoms with Gasteiger partial charge in [0.1, 0.15) is 0 Å². The van der Waals surface area contributed by atoms with Crippen molar-refractivity contribution in [2.75, 3.05) is 7.11 Å². The molecule has 0 radical (unpaired) electrons. The molecule has 3 rings (SSSR count). The van der Waals surface area contributed by atoms with E-state index >= 15 is 0 Å². The molecule has 0 fully saturated rings. The number of hydrazone groups is 1. The molecule has 7 nitrogen and oxygen atoms in total. The Labute approximate surface area is 143 Å². The number of methoxy groups -OCH3 is 1. The molecule has 0 atom stereocenters. The summed E-state index contributed by atoms with van der Waals surface area (Å²) in [5.74, 6) is -1.35. The number of carbonyl (C=O) groups excluding carboxylic acids is 1. The van der Waals surface area contributed by atoms with Crippen molar-refractivity contribution in [3.63, 3.8) is 0 Å². The Bertz CT molecular complexity index is 877. The predicted molar refractivity (Wildman–Crippen MR) is 85.7 cm³/mol. The molecule has 11 heteroatoms. The van der Waals surface area contributed by atoms with Gasteiger partial charge in [0.25, 0.3) is 5.91 Å². The van der Waals surface area contributed by atoms with Crippen LogP contribution in [0.2, 0.25) is 0 Å². The molecule has 2 heterocycles. The zero-order valence-electron chi connectivity index (χ0n) is 12.5. The molecule has 130 valence electrons. The van der Waals surface area contributed by atoms with Crippen molar-refractivity contribution in [1.82, 2.24) is 5.01 Å². The number of rotatable bonds is 2. The average molecular weight is 370 g/mol. The number of nitrogens with one attached hydrogen (secondary N) is 1. The van der Waals surface area contributed by atoms with E-state index in [0.29, 0.717) is 10.6 Å². The van der Waals surface area contributed by atoms with Crippen molar-refractivity contribution in [3.8, 4) is 11.5 Å². The van der Waals surface area contributed by atoms with Crippen LogP contribution in [-0.4, -0.2) is 45.4 Å². The molecule has 1 aromatic carbocycles. The van der Waals surface area contributed by atoms with Gasteiger partial charge in [-0.2, -0.15) is 28.3 Å². The summed E-state index contributed by atoms with van der Waals surface area (Å²) < 4.78 is 43.2. The molecule has 0 spiro atoms. The number of ether oxygens (including phenoxy) is 1. The third-order valence-corrected chi connectivity index (χ3v) is 4.17. The molecule has 0 saturated heterocycles. The summed E-state index contributed by atoms with van der Waals surface area (Å²) in [6.07, 6.45) is -3.43. The Kier molecular flexibility index (Phi) is 4.03. The van der Waals surface area contributed by atoms with E-state index in [1.54, 1.807) is 0 Å². The number of carbonyl (C=O) groups is 1. The molecule has 0 unspecified atom stereocenters. The Morgan fingerprint density at radius 3 is 2.76 bits per heavy atom. The van der Waals surface area contributed by atoms with E-state index in [-0.39, 0.29) is 34.0 Å². The first-order valence-corrected chi connectivity index (χ1v) is 7.47. The number of halogens is 3. The van der Waals surface area contributed by atoms with Crippen LogP contribution in [0.5, 0.6) is 11.5 Å². The molecule has 25 heavy (non-hydrogen) atoms. The third-order valence-electron chi connectivity index (χ3n) is 3.21. The maximum atomic E-state index is 12.7. The lowest BCUT2D eigenvalue weighted by molar-refractivity contribution is -0.114. The summed E-state index contributed by atoms with van der Waals surface area (Å²) in [5, 5.41) is 20.0. The standard InChI is InChI=1S/C14H9F3N4O3S/c1-24-9-5-6(2-3-8(9)22)4-7-10(18)21-13(19-11(7)23)25-12(20-21)14(15,16)17/h2-5,18,22H,1H3/b7-4-,18-10?. The Hall–Kier alpha value is -2.82. The zero-order valence-corrected chi connectivity index (χ0v) is 13.3. The Balaban J connectivity index is 1.99. The van der Waals surface area contributed by atoms with Crippen molar-refractivity contribution >= 4 is 39.8 Å². The molecule has 2 aliphatic rings. The fourth-order valence-electron chi connectivity index (χ4n) is 2.06. The first kappa shape index (κ1) is 17.0. The number of amidine groups is 2. The van der Waals surface area contributed by atoms with Gasteiger partial charge in [-0.25, -0.2) is 0 Å². The molecular formula is C14H9F3N4O3S. The number of phenols is 1. The summed E-state index contributed by atoms with van der Waals surface area (Å²) in [6, 6.07) is 4.18. The number of alkyl halides is 3. The molecule has 1 aromatic rings. The van der Waals surface area contributed by atoms with Crippen LogP contribution in [0.3, 0.4) is 0 Å². The lowest BCUT2D eigenvalue weighted by atomic mass is 10.1. The highest BCUT2D eigenvalue weighted by Gasteiger charge is 2.46. The summed E-state index contributed by atoms with van der Waals surface area (Å²) >= 11 is 0.184. The van der Waals surface area contributed by atoms with Gasteiger partial charge in [0.05, 0.1) is 12.7 Å². The van der Waals surface area contributed by atoms with E-state index in [9.17, 15) is 23.1 Å². The number of hydrogen-bond acceptors (Lipinski definition) is 6. The number of fused-ring (bicyclic) bond motifs is 1. The summed E-state index contributed by atoms with van der Waals surface area (Å²) in [4.78, 5) is 15.6. The lowest BCUT2D eigenvalue weighted by Gasteiger charge is -2.20. The van der Waals surface area contributed by atoms with Crippen LogP contribution in [0.1, 0.15) is 5.56 Å². The van der Waals surface area contributed by atoms with E-state index in [1.165, 1.54) is 31.4 Å². The minimum Gasteiger partial charge on any atom is -0.504 e. The van der Waals surface area contributed by atoms with Crippen molar-refractivity contribution in [2.24, 2.45) is 10.1 Å². The van der Waals surface area contributed by atoms with Gasteiger partial charge >= 0.3 is 6.18 Å². The first-order chi connectivity index (χ1) is 11.7. The van der Waals surface area contributed by atoms with Gasteiger partial charge in [-0.05, 0) is 35.5 Å². The van der Waals surface area contributed by atoms with Gasteiger partial charge in [-0.15, -0.1) is 0 Å². The number of benzene rings is 1. The average Bonchev–Trinajstić information content (AvgIpc) is 2.97. The minimum absolute atomic E-state index is 0.120. The van der Waals surface area contributed by atoms with Crippen LogP contribution in [0.4, 0.5) is 13.2 Å². The second-order valence-electron chi connectivity index (χ2n) is 4.85. The van der Waals surface area contributed by atoms with Crippen molar-refractivity contribution < 1.29 is 27.8 Å². The Morgan fingerprint density at radius 1 is 1.40 bits per heavy atom. The highest BCUT2D eigenvalue weighted by molar-refractivity contribution is 8.27. The van der Waals surface area contributed by atoms with Gasteiger partial charge in [0.15, 0.2) is 17.3 Å². The highest BCUT2D eigenvalue weighted by atomic mass is 32.2. The number of nitrogens with zero attached hydrogens (tertiary/aromatic N) is 3. The van der Waals surface area contributed by atoms with Crippen LogP contribution in [0.15, 0.2) is 33.9 Å². The van der Waals surface area contributed by atoms with Crippen LogP contribution in [-0.2, 0) is 4.79 Å². The molecule has 2 N–H and O–H groups in total. The number of aromatic hydroxyl groups is 1. The monoisotopic (exact) mass is 370 g/mol. The largest absolute Gasteiger partial charge is 0.504 e. The van der Waals surface area contributed by atoms with E-state index in [2.05, 4.69) is 10.1 Å². The molecule has 2 aliphatic heterocycles. The molecule has 0 bridgehead atoms. The molecule has 0 aliphatic carbocycles. The lowest BCUT2D eigenvalue weighted by Crippen LogP contribution is -2.35. The van der Waals surface area contributed by atoms with Crippen molar-refractivity contribution in [1.29, 1.82) is 5.41 Å². The minimum atomic E-state index is -4.69. The van der Waals surface area contributed by atoms with E-state index in [4.69, 9.17) is 10.1 Å². The van der Waals surface area contributed by atoms with Crippen LogP contribution >= 0.6 is 11.8 Å². The quantitative estimate of drug-likeness (QED) is 0.780. The molecule has 0 saturated carbocycles. The number of hydrogen-bond donors (Lipinski definition) is 2. The first-order valence-electron chi connectivity index (χ1n) is 6.65. The molecule has 0 aromatic heterocycles. The number of amides is 1. The van der Waals surface area contributed by atoms with Gasteiger partial charge < -0.3 is 9.84 Å². The van der Waals surface area contributed by atoms with Crippen LogP contribution < -0.4 is 4.74 Å². The fourth-order valence-corrected chi connectivity index (χ4v) is 2.82. The summed E-state index contributed by atoms with van der Waals surface area (Å²) in [5.41, 5.74) is 0.164. The SMILES string of the molecule is COc1cc(/C=C2/C(=N)N3N=C(C(F)(F)F)SC3=NC2=O)ccc1O. The van der Waals surface area contributed by atoms with Crippen LogP contribution in [0, 0.1) is 5.41 Å². The van der Waals surface area contributed by atoms with E-state index < -0.39 is 23.0 Å². The molecule has 1 amide bonds. The second-order valence-corrected chi connectivity index (χ2v) is 5.81. The maximum Gasteiger partial charge on any atom is 0.441 e. The highest BCUT2D eigenvalue weighted by Crippen LogP contribution is 2.35. The smallest absolute Gasteiger partial charge is 0.441 e. The Morgan fingerprint density at radius 2 is 2.12 bits per heavy atom. The summed E-state index contributed by atoms with van der Waals surface area (Å²) in [6.45, 7) is 0. The van der Waals surface area contributed by atoms with E-state index in [0.717, 1.165) is 0 Å². The predicted octanol–water partition coefficient (Wildman–Crippen LogP) is 2.58. The molecular weight excluding hydrogens is 361 g/mol. The van der Waals surface area contributed by atoms with Gasteiger partial charge in [0.2, 0.25) is 10.2 Å². The third kappa shape index (κ3) is 3.09. The topological polar surface area (TPSA) is 98.3 Å². The second kappa shape index (κ2) is 5.92. The van der Waals surface area contributed by atoms with Gasteiger partial charge in [0, 0.05) is 0 Å². The van der Waals surface area contributed by atoms with Gasteiger partial charge in [-0.3, -0.25) is 10.2 Å². The number of thioether (sulfide) groups is 1. The maximum absolute atomic E-state index is 12.7. The summed E-state index contributed by atoms with van der Waals surface area (Å²) in [7, 11) is 1.34. The van der Waals surface area contributed by atoms with Crippen molar-refractivity contribution in [3.05, 3.63) is 29.3 Å². The fraction of sp³-hybridized carbons (Fsp3) is 0.143. The van der Waals surface area contributed by atoms with E-state index in [1.807, 2.05) is 0 Å². The van der Waals surface area contributed by atoms with Crippen LogP contribution in [0.25, 0.3) is 6.08 Å². The number of aliphatic imine (C=N–C) groups is 1. The van der Waals surface area contributed by atoms with Gasteiger partial charge in [-0.1, -0.05) is 6.07 Å².